The monoisotopic (exact) mass is 198 g/mol. The molecule has 2 nitrogen and oxygen atoms in total. The van der Waals surface area contributed by atoms with E-state index in [2.05, 4.69) is 37.9 Å². The average Bonchev–Trinajstić information content (AvgIpc) is 2.52. The topological polar surface area (TPSA) is 15.3 Å². The third-order valence-electron chi connectivity index (χ3n) is 3.23. The lowest BCUT2D eigenvalue weighted by molar-refractivity contribution is 0.299. The van der Waals surface area contributed by atoms with Crippen molar-refractivity contribution >= 4 is 0 Å². The predicted molar refractivity (Wildman–Crippen MR) is 62.5 cm³/mol. The lowest BCUT2D eigenvalue weighted by Gasteiger charge is -2.18. The highest BCUT2D eigenvalue weighted by molar-refractivity contribution is 4.77. The van der Waals surface area contributed by atoms with Crippen LogP contribution in [0.25, 0.3) is 0 Å². The maximum Gasteiger partial charge on any atom is 0.0107 e. The van der Waals surface area contributed by atoms with Crippen molar-refractivity contribution in [1.29, 1.82) is 0 Å². The Bertz CT molecular complexity index is 154. The molecule has 0 spiro atoms. The second kappa shape index (κ2) is 5.72. The molecule has 14 heavy (non-hydrogen) atoms. The summed E-state index contributed by atoms with van der Waals surface area (Å²) in [7, 11) is 0. The first kappa shape index (κ1) is 12.0. The van der Waals surface area contributed by atoms with Crippen LogP contribution in [0.2, 0.25) is 0 Å². The van der Waals surface area contributed by atoms with Crippen LogP contribution >= 0.6 is 0 Å². The Morgan fingerprint density at radius 3 is 2.50 bits per heavy atom. The van der Waals surface area contributed by atoms with E-state index >= 15 is 0 Å². The molecular formula is C12H26N2. The molecule has 1 atom stereocenters. The molecule has 0 amide bonds. The van der Waals surface area contributed by atoms with Gasteiger partial charge in [0.2, 0.25) is 0 Å². The molecule has 1 heterocycles. The van der Waals surface area contributed by atoms with Gasteiger partial charge in [0.25, 0.3) is 0 Å². The van der Waals surface area contributed by atoms with Crippen LogP contribution in [-0.4, -0.2) is 37.1 Å². The van der Waals surface area contributed by atoms with Gasteiger partial charge in [-0.3, -0.25) is 0 Å². The van der Waals surface area contributed by atoms with Crippen molar-refractivity contribution in [2.75, 3.05) is 26.2 Å². The highest BCUT2D eigenvalue weighted by Gasteiger charge is 2.23. The third kappa shape index (κ3) is 3.97. The van der Waals surface area contributed by atoms with E-state index in [4.69, 9.17) is 0 Å². The fourth-order valence-corrected chi connectivity index (χ4v) is 2.12. The maximum absolute atomic E-state index is 3.47. The van der Waals surface area contributed by atoms with Gasteiger partial charge in [-0.15, -0.1) is 0 Å². The molecule has 1 saturated heterocycles. The van der Waals surface area contributed by atoms with Gasteiger partial charge in [-0.05, 0) is 24.8 Å². The number of rotatable bonds is 5. The zero-order valence-corrected chi connectivity index (χ0v) is 10.2. The fraction of sp³-hybridized carbons (Fsp3) is 1.00. The lowest BCUT2D eigenvalue weighted by Crippen LogP contribution is -2.34. The van der Waals surface area contributed by atoms with Crippen LogP contribution in [0.15, 0.2) is 0 Å². The Morgan fingerprint density at radius 1 is 1.29 bits per heavy atom. The van der Waals surface area contributed by atoms with Crippen LogP contribution in [0.5, 0.6) is 0 Å². The summed E-state index contributed by atoms with van der Waals surface area (Å²) in [6.07, 6.45) is 1.40. The standard InChI is InChI=1S/C12H26N2/c1-10(2)12-5-7-14(9-12)8-6-13-11(3)4/h10-13H,5-9H2,1-4H3. The number of nitrogens with one attached hydrogen (secondary N) is 1. The number of nitrogens with zero attached hydrogens (tertiary/aromatic N) is 1. The zero-order valence-electron chi connectivity index (χ0n) is 10.2. The van der Waals surface area contributed by atoms with Gasteiger partial charge in [0.1, 0.15) is 0 Å². The van der Waals surface area contributed by atoms with Crippen molar-refractivity contribution in [3.8, 4) is 0 Å². The molecule has 2 heteroatoms. The summed E-state index contributed by atoms with van der Waals surface area (Å²) < 4.78 is 0. The summed E-state index contributed by atoms with van der Waals surface area (Å²) >= 11 is 0. The molecule has 1 aliphatic heterocycles. The minimum absolute atomic E-state index is 0.624. The van der Waals surface area contributed by atoms with Gasteiger partial charge in [-0.25, -0.2) is 0 Å². The molecule has 0 aromatic rings. The van der Waals surface area contributed by atoms with Crippen LogP contribution in [0.4, 0.5) is 0 Å². The van der Waals surface area contributed by atoms with Gasteiger partial charge in [0, 0.05) is 25.7 Å². The van der Waals surface area contributed by atoms with Crippen LogP contribution in [0.3, 0.4) is 0 Å². The summed E-state index contributed by atoms with van der Waals surface area (Å²) in [5.74, 6) is 1.80. The first-order valence-electron chi connectivity index (χ1n) is 6.05. The molecule has 0 radical (unpaired) electrons. The number of likely N-dealkylation sites (tertiary alicyclic amines) is 1. The van der Waals surface area contributed by atoms with E-state index in [0.717, 1.165) is 18.4 Å². The van der Waals surface area contributed by atoms with E-state index in [1.807, 2.05) is 0 Å². The third-order valence-corrected chi connectivity index (χ3v) is 3.23. The Hall–Kier alpha value is -0.0800. The maximum atomic E-state index is 3.47. The van der Waals surface area contributed by atoms with Crippen LogP contribution < -0.4 is 5.32 Å². The molecule has 1 N–H and O–H groups in total. The Labute approximate surface area is 89.1 Å². The van der Waals surface area contributed by atoms with E-state index in [1.165, 1.54) is 26.1 Å². The molecule has 0 aromatic heterocycles. The largest absolute Gasteiger partial charge is 0.313 e. The predicted octanol–water partition coefficient (Wildman–Crippen LogP) is 1.96. The van der Waals surface area contributed by atoms with Crippen molar-refractivity contribution in [1.82, 2.24) is 10.2 Å². The summed E-state index contributed by atoms with van der Waals surface area (Å²) in [6.45, 7) is 14.1. The van der Waals surface area contributed by atoms with Crippen molar-refractivity contribution in [3.63, 3.8) is 0 Å². The second-order valence-electron chi connectivity index (χ2n) is 5.20. The van der Waals surface area contributed by atoms with Gasteiger partial charge < -0.3 is 10.2 Å². The molecule has 0 bridgehead atoms. The fourth-order valence-electron chi connectivity index (χ4n) is 2.12. The molecule has 1 aliphatic rings. The van der Waals surface area contributed by atoms with E-state index < -0.39 is 0 Å². The molecular weight excluding hydrogens is 172 g/mol. The Balaban J connectivity index is 2.10. The quantitative estimate of drug-likeness (QED) is 0.726. The van der Waals surface area contributed by atoms with Crippen molar-refractivity contribution in [3.05, 3.63) is 0 Å². The second-order valence-corrected chi connectivity index (χ2v) is 5.20. The summed E-state index contributed by atoms with van der Waals surface area (Å²) in [4.78, 5) is 2.60. The van der Waals surface area contributed by atoms with Crippen LogP contribution in [0, 0.1) is 11.8 Å². The minimum atomic E-state index is 0.624. The summed E-state index contributed by atoms with van der Waals surface area (Å²) in [5, 5.41) is 3.47. The molecule has 1 unspecified atom stereocenters. The van der Waals surface area contributed by atoms with Crippen LogP contribution in [0.1, 0.15) is 34.1 Å². The SMILES string of the molecule is CC(C)NCCN1CCC(C(C)C)C1. The zero-order chi connectivity index (χ0) is 10.6. The van der Waals surface area contributed by atoms with E-state index in [-0.39, 0.29) is 0 Å². The number of hydrogen-bond acceptors (Lipinski definition) is 2. The van der Waals surface area contributed by atoms with Gasteiger partial charge in [0.15, 0.2) is 0 Å². The lowest BCUT2D eigenvalue weighted by atomic mass is 9.95. The van der Waals surface area contributed by atoms with Gasteiger partial charge in [-0.2, -0.15) is 0 Å². The minimum Gasteiger partial charge on any atom is -0.313 e. The summed E-state index contributed by atoms with van der Waals surface area (Å²) in [5.41, 5.74) is 0. The Morgan fingerprint density at radius 2 is 2.00 bits per heavy atom. The van der Waals surface area contributed by atoms with E-state index in [0.29, 0.717) is 6.04 Å². The first-order chi connectivity index (χ1) is 6.59. The molecule has 0 saturated carbocycles. The normalized spacial score (nSPS) is 24.0. The average molecular weight is 198 g/mol. The highest BCUT2D eigenvalue weighted by Crippen LogP contribution is 2.22. The summed E-state index contributed by atoms with van der Waals surface area (Å²) in [6, 6.07) is 0.624. The van der Waals surface area contributed by atoms with Gasteiger partial charge in [-0.1, -0.05) is 27.7 Å². The molecule has 84 valence electrons. The van der Waals surface area contributed by atoms with E-state index in [1.54, 1.807) is 0 Å². The van der Waals surface area contributed by atoms with Gasteiger partial charge in [0.05, 0.1) is 0 Å². The molecule has 0 aliphatic carbocycles. The van der Waals surface area contributed by atoms with Crippen molar-refractivity contribution in [2.45, 2.75) is 40.2 Å². The molecule has 1 rings (SSSR count). The number of hydrogen-bond donors (Lipinski definition) is 1. The highest BCUT2D eigenvalue weighted by atomic mass is 15.2. The Kier molecular flexibility index (Phi) is 4.90. The molecule has 0 aromatic carbocycles. The van der Waals surface area contributed by atoms with Crippen molar-refractivity contribution < 1.29 is 0 Å². The van der Waals surface area contributed by atoms with E-state index in [9.17, 15) is 0 Å². The van der Waals surface area contributed by atoms with Gasteiger partial charge >= 0.3 is 0 Å². The smallest absolute Gasteiger partial charge is 0.0107 e. The van der Waals surface area contributed by atoms with Crippen molar-refractivity contribution in [2.24, 2.45) is 11.8 Å². The molecule has 1 fully saturated rings. The van der Waals surface area contributed by atoms with Crippen LogP contribution in [-0.2, 0) is 0 Å². The first-order valence-corrected chi connectivity index (χ1v) is 6.05.